The highest BCUT2D eigenvalue weighted by molar-refractivity contribution is 7.09. The van der Waals surface area contributed by atoms with Crippen LogP contribution in [0.15, 0.2) is 5.38 Å². The smallest absolute Gasteiger partial charge is 0.0941 e. The zero-order valence-corrected chi connectivity index (χ0v) is 12.7. The van der Waals surface area contributed by atoms with Gasteiger partial charge in [-0.2, -0.15) is 0 Å². The van der Waals surface area contributed by atoms with Crippen molar-refractivity contribution < 1.29 is 9.47 Å². The fourth-order valence-electron chi connectivity index (χ4n) is 1.81. The Bertz CT molecular complexity index is 333. The van der Waals surface area contributed by atoms with Crippen LogP contribution in [0, 0.1) is 0 Å². The molecule has 19 heavy (non-hydrogen) atoms. The zero-order chi connectivity index (χ0) is 13.9. The Hall–Kier alpha value is -0.530. The first-order valence-electron chi connectivity index (χ1n) is 6.63. The van der Waals surface area contributed by atoms with Crippen molar-refractivity contribution in [2.24, 2.45) is 5.73 Å². The third-order valence-corrected chi connectivity index (χ3v) is 3.73. The second-order valence-corrected chi connectivity index (χ2v) is 5.33. The van der Waals surface area contributed by atoms with Gasteiger partial charge in [0.25, 0.3) is 0 Å². The van der Waals surface area contributed by atoms with E-state index in [2.05, 4.69) is 15.3 Å². The lowest BCUT2D eigenvalue weighted by Crippen LogP contribution is -2.29. The number of nitrogens with zero attached hydrogens (tertiary/aromatic N) is 2. The molecular weight excluding hydrogens is 262 g/mol. The van der Waals surface area contributed by atoms with Gasteiger partial charge >= 0.3 is 0 Å². The molecule has 0 aromatic carbocycles. The van der Waals surface area contributed by atoms with Crippen molar-refractivity contribution in [3.8, 4) is 0 Å². The molecule has 0 aliphatic rings. The Labute approximate surface area is 119 Å². The van der Waals surface area contributed by atoms with Gasteiger partial charge in [0.05, 0.1) is 17.3 Å². The molecule has 0 atom stereocenters. The van der Waals surface area contributed by atoms with Gasteiger partial charge in [-0.1, -0.05) is 0 Å². The molecule has 0 fully saturated rings. The van der Waals surface area contributed by atoms with Gasteiger partial charge in [-0.25, -0.2) is 4.98 Å². The van der Waals surface area contributed by atoms with Crippen molar-refractivity contribution >= 4 is 11.3 Å². The highest BCUT2D eigenvalue weighted by Crippen LogP contribution is 2.12. The third-order valence-electron chi connectivity index (χ3n) is 2.78. The van der Waals surface area contributed by atoms with Crippen LogP contribution in [0.5, 0.6) is 0 Å². The Kier molecular flexibility index (Phi) is 8.94. The lowest BCUT2D eigenvalue weighted by Gasteiger charge is -2.20. The van der Waals surface area contributed by atoms with E-state index in [-0.39, 0.29) is 0 Å². The molecule has 0 aliphatic heterocycles. The van der Waals surface area contributed by atoms with Gasteiger partial charge in [0, 0.05) is 52.3 Å². The van der Waals surface area contributed by atoms with E-state index in [0.29, 0.717) is 6.54 Å². The number of hydrogen-bond acceptors (Lipinski definition) is 6. The number of thiazole rings is 1. The topological polar surface area (TPSA) is 60.6 Å². The molecule has 1 aromatic rings. The standard InChI is InChI=1S/C13H25N3O2S/c1-17-8-3-6-16(7-9-18-2)10-12-11-19-13(15-12)4-5-14/h11H,3-10,14H2,1-2H3. The second-order valence-electron chi connectivity index (χ2n) is 4.39. The Morgan fingerprint density at radius 3 is 2.74 bits per heavy atom. The maximum absolute atomic E-state index is 5.54. The number of rotatable bonds is 11. The summed E-state index contributed by atoms with van der Waals surface area (Å²) in [5.41, 5.74) is 6.67. The minimum atomic E-state index is 0.661. The van der Waals surface area contributed by atoms with Crippen molar-refractivity contribution in [3.63, 3.8) is 0 Å². The van der Waals surface area contributed by atoms with Gasteiger partial charge < -0.3 is 15.2 Å². The van der Waals surface area contributed by atoms with E-state index >= 15 is 0 Å². The van der Waals surface area contributed by atoms with Crippen LogP contribution >= 0.6 is 11.3 Å². The Morgan fingerprint density at radius 2 is 2.05 bits per heavy atom. The molecule has 0 aliphatic carbocycles. The minimum absolute atomic E-state index is 0.661. The Balaban J connectivity index is 2.43. The number of methoxy groups -OCH3 is 2. The maximum Gasteiger partial charge on any atom is 0.0941 e. The molecule has 0 saturated heterocycles. The van der Waals surface area contributed by atoms with E-state index in [9.17, 15) is 0 Å². The number of aromatic nitrogens is 1. The van der Waals surface area contributed by atoms with Gasteiger partial charge in [0.1, 0.15) is 0 Å². The van der Waals surface area contributed by atoms with Crippen LogP contribution in [0.2, 0.25) is 0 Å². The molecule has 6 heteroatoms. The summed E-state index contributed by atoms with van der Waals surface area (Å²) >= 11 is 1.69. The summed E-state index contributed by atoms with van der Waals surface area (Å²) in [6.45, 7) is 4.99. The molecule has 2 N–H and O–H groups in total. The summed E-state index contributed by atoms with van der Waals surface area (Å²) < 4.78 is 10.3. The molecule has 1 heterocycles. The lowest BCUT2D eigenvalue weighted by molar-refractivity contribution is 0.128. The van der Waals surface area contributed by atoms with Gasteiger partial charge in [-0.3, -0.25) is 4.90 Å². The molecular formula is C13H25N3O2S. The largest absolute Gasteiger partial charge is 0.385 e. The number of nitrogens with two attached hydrogens (primary N) is 1. The van der Waals surface area contributed by atoms with E-state index in [4.69, 9.17) is 15.2 Å². The molecule has 0 radical (unpaired) electrons. The van der Waals surface area contributed by atoms with Crippen molar-refractivity contribution in [1.82, 2.24) is 9.88 Å². The average Bonchev–Trinajstić information content (AvgIpc) is 2.84. The second kappa shape index (κ2) is 10.3. The van der Waals surface area contributed by atoms with E-state index in [1.54, 1.807) is 25.6 Å². The first kappa shape index (κ1) is 16.5. The van der Waals surface area contributed by atoms with Crippen molar-refractivity contribution in [2.45, 2.75) is 19.4 Å². The molecule has 0 amide bonds. The van der Waals surface area contributed by atoms with Gasteiger partial charge in [-0.05, 0) is 13.0 Å². The molecule has 110 valence electrons. The van der Waals surface area contributed by atoms with Crippen LogP contribution in [0.4, 0.5) is 0 Å². The summed E-state index contributed by atoms with van der Waals surface area (Å²) in [6.07, 6.45) is 1.90. The normalized spacial score (nSPS) is 11.4. The van der Waals surface area contributed by atoms with Crippen LogP contribution in [0.1, 0.15) is 17.1 Å². The van der Waals surface area contributed by atoms with Crippen LogP contribution in [0.25, 0.3) is 0 Å². The van der Waals surface area contributed by atoms with Gasteiger partial charge in [0.15, 0.2) is 0 Å². The quantitative estimate of drug-likeness (QED) is 0.618. The predicted molar refractivity (Wildman–Crippen MR) is 78.5 cm³/mol. The lowest BCUT2D eigenvalue weighted by atomic mass is 10.3. The van der Waals surface area contributed by atoms with Gasteiger partial charge in [0.2, 0.25) is 0 Å². The van der Waals surface area contributed by atoms with Gasteiger partial charge in [-0.15, -0.1) is 11.3 Å². The highest BCUT2D eigenvalue weighted by Gasteiger charge is 2.08. The van der Waals surface area contributed by atoms with Crippen LogP contribution in [-0.2, 0) is 22.4 Å². The van der Waals surface area contributed by atoms with Crippen molar-refractivity contribution in [2.75, 3.05) is 47.1 Å². The Morgan fingerprint density at radius 1 is 1.26 bits per heavy atom. The summed E-state index contributed by atoms with van der Waals surface area (Å²) in [5, 5.41) is 3.25. The van der Waals surface area contributed by atoms with E-state index in [0.717, 1.165) is 56.4 Å². The molecule has 1 rings (SSSR count). The third kappa shape index (κ3) is 6.98. The fourth-order valence-corrected chi connectivity index (χ4v) is 2.62. The monoisotopic (exact) mass is 287 g/mol. The SMILES string of the molecule is COCCCN(CCOC)Cc1csc(CCN)n1. The highest BCUT2D eigenvalue weighted by atomic mass is 32.1. The molecule has 0 unspecified atom stereocenters. The van der Waals surface area contributed by atoms with Crippen LogP contribution in [-0.4, -0.2) is 57.0 Å². The molecule has 1 aromatic heterocycles. The first-order valence-corrected chi connectivity index (χ1v) is 7.51. The van der Waals surface area contributed by atoms with Crippen LogP contribution in [0.3, 0.4) is 0 Å². The minimum Gasteiger partial charge on any atom is -0.385 e. The fraction of sp³-hybridized carbons (Fsp3) is 0.769. The summed E-state index contributed by atoms with van der Waals surface area (Å²) in [6, 6.07) is 0. The van der Waals surface area contributed by atoms with E-state index in [1.165, 1.54) is 0 Å². The van der Waals surface area contributed by atoms with Crippen molar-refractivity contribution in [3.05, 3.63) is 16.1 Å². The van der Waals surface area contributed by atoms with E-state index < -0.39 is 0 Å². The zero-order valence-electron chi connectivity index (χ0n) is 11.9. The average molecular weight is 287 g/mol. The van der Waals surface area contributed by atoms with Crippen LogP contribution < -0.4 is 5.73 Å². The summed E-state index contributed by atoms with van der Waals surface area (Å²) in [7, 11) is 3.47. The summed E-state index contributed by atoms with van der Waals surface area (Å²) in [4.78, 5) is 6.95. The number of hydrogen-bond donors (Lipinski definition) is 1. The maximum atomic E-state index is 5.54. The van der Waals surface area contributed by atoms with Crippen molar-refractivity contribution in [1.29, 1.82) is 0 Å². The molecule has 0 bridgehead atoms. The molecule has 0 spiro atoms. The number of ether oxygens (including phenoxy) is 2. The summed E-state index contributed by atoms with van der Waals surface area (Å²) in [5.74, 6) is 0. The van der Waals surface area contributed by atoms with E-state index in [1.807, 2.05) is 0 Å². The first-order chi connectivity index (χ1) is 9.30. The predicted octanol–water partition coefficient (Wildman–Crippen LogP) is 1.13. The molecule has 0 saturated carbocycles. The molecule has 5 nitrogen and oxygen atoms in total.